The van der Waals surface area contributed by atoms with Crippen LogP contribution in [-0.4, -0.2) is 51.0 Å². The number of carboxylic acid groups (broad SMARTS) is 2. The van der Waals surface area contributed by atoms with Gasteiger partial charge < -0.3 is 15.5 Å². The molecule has 0 unspecified atom stereocenters. The summed E-state index contributed by atoms with van der Waals surface area (Å²) in [6.07, 6.45) is 1.18. The van der Waals surface area contributed by atoms with Crippen LogP contribution in [0.2, 0.25) is 0 Å². The number of benzene rings is 1. The maximum Gasteiger partial charge on any atom is 0.327 e. The predicted molar refractivity (Wildman–Crippen MR) is 101 cm³/mol. The summed E-state index contributed by atoms with van der Waals surface area (Å²) in [6, 6.07) is 9.20. The van der Waals surface area contributed by atoms with Crippen LogP contribution >= 0.6 is 0 Å². The van der Waals surface area contributed by atoms with Crippen LogP contribution in [0.5, 0.6) is 0 Å². The van der Waals surface area contributed by atoms with Gasteiger partial charge in [0, 0.05) is 24.7 Å². The standard InChI is InChI=1S/C20H19N3O6/c24-17(23-15-7-2-1-5-12(15)11-16(23)20(28)29)9-8-14(19(26)27)22-18(25)13-6-3-4-10-21-13/h1-7,10,14,16H,8-9,11H2,(H,22,25)(H,26,27)(H,28,29)/t14-,16+/m1/s1. The van der Waals surface area contributed by atoms with Crippen molar-refractivity contribution < 1.29 is 29.4 Å². The fraction of sp³-hybridized carbons (Fsp3) is 0.250. The Morgan fingerprint density at radius 1 is 1.10 bits per heavy atom. The molecular weight excluding hydrogens is 378 g/mol. The van der Waals surface area contributed by atoms with E-state index in [9.17, 15) is 29.4 Å². The number of nitrogens with zero attached hydrogens (tertiary/aromatic N) is 2. The molecule has 1 aliphatic rings. The number of anilines is 1. The van der Waals surface area contributed by atoms with Crippen LogP contribution in [-0.2, 0) is 20.8 Å². The maximum absolute atomic E-state index is 12.8. The summed E-state index contributed by atoms with van der Waals surface area (Å²) in [5.74, 6) is -3.60. The van der Waals surface area contributed by atoms with E-state index in [0.29, 0.717) is 5.69 Å². The smallest absolute Gasteiger partial charge is 0.327 e. The summed E-state index contributed by atoms with van der Waals surface area (Å²) in [5.41, 5.74) is 1.31. The van der Waals surface area contributed by atoms with Crippen molar-refractivity contribution in [3.63, 3.8) is 0 Å². The third kappa shape index (κ3) is 4.40. The number of pyridine rings is 1. The Hall–Kier alpha value is -3.75. The molecule has 0 spiro atoms. The van der Waals surface area contributed by atoms with E-state index in [1.54, 1.807) is 36.4 Å². The van der Waals surface area contributed by atoms with E-state index in [-0.39, 0.29) is 25.0 Å². The van der Waals surface area contributed by atoms with Gasteiger partial charge in [-0.3, -0.25) is 19.5 Å². The molecule has 1 aromatic heterocycles. The molecule has 2 aromatic rings. The minimum atomic E-state index is -1.31. The minimum Gasteiger partial charge on any atom is -0.480 e. The lowest BCUT2D eigenvalue weighted by Crippen LogP contribution is -2.45. The Kier molecular flexibility index (Phi) is 5.87. The van der Waals surface area contributed by atoms with Crippen molar-refractivity contribution in [1.29, 1.82) is 0 Å². The largest absolute Gasteiger partial charge is 0.480 e. The van der Waals surface area contributed by atoms with Crippen molar-refractivity contribution in [2.75, 3.05) is 4.90 Å². The maximum atomic E-state index is 12.8. The first kappa shape index (κ1) is 20.0. The van der Waals surface area contributed by atoms with Gasteiger partial charge in [0.15, 0.2) is 0 Å². The minimum absolute atomic E-state index is 0.0597. The Morgan fingerprint density at radius 2 is 1.83 bits per heavy atom. The molecule has 0 bridgehead atoms. The van der Waals surface area contributed by atoms with Crippen molar-refractivity contribution in [1.82, 2.24) is 10.3 Å². The Bertz CT molecular complexity index is 946. The number of hydrogen-bond donors (Lipinski definition) is 3. The normalized spacial score (nSPS) is 16.0. The number of carboxylic acids is 2. The number of para-hydroxylation sites is 1. The van der Waals surface area contributed by atoms with E-state index >= 15 is 0 Å². The van der Waals surface area contributed by atoms with E-state index < -0.39 is 35.8 Å². The van der Waals surface area contributed by atoms with Gasteiger partial charge in [-0.15, -0.1) is 0 Å². The van der Waals surface area contributed by atoms with Gasteiger partial charge in [0.2, 0.25) is 5.91 Å². The molecule has 9 heteroatoms. The first-order valence-electron chi connectivity index (χ1n) is 8.96. The first-order chi connectivity index (χ1) is 13.9. The topological polar surface area (TPSA) is 137 Å². The van der Waals surface area contributed by atoms with Crippen LogP contribution in [0.1, 0.15) is 28.9 Å². The molecule has 0 fully saturated rings. The second-order valence-corrected chi connectivity index (χ2v) is 6.57. The van der Waals surface area contributed by atoms with Gasteiger partial charge in [0.05, 0.1) is 0 Å². The Morgan fingerprint density at radius 3 is 2.48 bits per heavy atom. The molecule has 2 heterocycles. The van der Waals surface area contributed by atoms with Crippen molar-refractivity contribution in [2.45, 2.75) is 31.3 Å². The molecular formula is C20H19N3O6. The quantitative estimate of drug-likeness (QED) is 0.636. The highest BCUT2D eigenvalue weighted by Crippen LogP contribution is 2.32. The number of hydrogen-bond acceptors (Lipinski definition) is 5. The molecule has 0 radical (unpaired) electrons. The lowest BCUT2D eigenvalue weighted by Gasteiger charge is -2.23. The van der Waals surface area contributed by atoms with Gasteiger partial charge in [-0.05, 0) is 30.2 Å². The summed E-state index contributed by atoms with van der Waals surface area (Å²) in [6.45, 7) is 0. The van der Waals surface area contributed by atoms with Crippen LogP contribution in [0.15, 0.2) is 48.7 Å². The first-order valence-corrected chi connectivity index (χ1v) is 8.96. The molecule has 1 aliphatic heterocycles. The number of aliphatic carboxylic acids is 2. The fourth-order valence-corrected chi connectivity index (χ4v) is 3.27. The number of amides is 2. The van der Waals surface area contributed by atoms with Gasteiger partial charge in [-0.25, -0.2) is 9.59 Å². The number of nitrogens with one attached hydrogen (secondary N) is 1. The molecule has 29 heavy (non-hydrogen) atoms. The highest BCUT2D eigenvalue weighted by molar-refractivity contribution is 6.02. The summed E-state index contributed by atoms with van der Waals surface area (Å²) >= 11 is 0. The highest BCUT2D eigenvalue weighted by Gasteiger charge is 2.38. The SMILES string of the molecule is O=C(N[C@H](CCC(=O)N1c2ccccc2C[C@H]1C(=O)O)C(=O)O)c1ccccn1. The molecule has 2 amide bonds. The molecule has 2 atom stereocenters. The third-order valence-electron chi connectivity index (χ3n) is 4.68. The van der Waals surface area contributed by atoms with E-state index in [0.717, 1.165) is 5.56 Å². The van der Waals surface area contributed by atoms with Crippen LogP contribution in [0.25, 0.3) is 0 Å². The summed E-state index contributed by atoms with van der Waals surface area (Å²) in [7, 11) is 0. The van der Waals surface area contributed by atoms with Gasteiger partial charge in [-0.1, -0.05) is 24.3 Å². The van der Waals surface area contributed by atoms with Crippen molar-refractivity contribution in [3.05, 3.63) is 59.9 Å². The monoisotopic (exact) mass is 397 g/mol. The number of rotatable bonds is 7. The van der Waals surface area contributed by atoms with Gasteiger partial charge >= 0.3 is 11.9 Å². The molecule has 0 saturated heterocycles. The van der Waals surface area contributed by atoms with Gasteiger partial charge in [0.1, 0.15) is 17.8 Å². The molecule has 1 aromatic carbocycles. The summed E-state index contributed by atoms with van der Waals surface area (Å²) in [4.78, 5) is 53.1. The third-order valence-corrected chi connectivity index (χ3v) is 4.68. The average Bonchev–Trinajstić information content (AvgIpc) is 3.11. The van der Waals surface area contributed by atoms with Gasteiger partial charge in [-0.2, -0.15) is 0 Å². The Balaban J connectivity index is 1.69. The molecule has 0 saturated carbocycles. The van der Waals surface area contributed by atoms with E-state index in [4.69, 9.17) is 0 Å². The van der Waals surface area contributed by atoms with Crippen LogP contribution in [0.4, 0.5) is 5.69 Å². The van der Waals surface area contributed by atoms with Crippen molar-refractivity contribution in [3.8, 4) is 0 Å². The van der Waals surface area contributed by atoms with Gasteiger partial charge in [0.25, 0.3) is 5.91 Å². The fourth-order valence-electron chi connectivity index (χ4n) is 3.27. The van der Waals surface area contributed by atoms with Crippen LogP contribution in [0.3, 0.4) is 0 Å². The van der Waals surface area contributed by atoms with Crippen molar-refractivity contribution >= 4 is 29.4 Å². The number of aromatic nitrogens is 1. The van der Waals surface area contributed by atoms with Crippen LogP contribution < -0.4 is 10.2 Å². The zero-order valence-corrected chi connectivity index (χ0v) is 15.3. The average molecular weight is 397 g/mol. The van der Waals surface area contributed by atoms with E-state index in [2.05, 4.69) is 10.3 Å². The molecule has 3 N–H and O–H groups in total. The Labute approximate surface area is 166 Å². The predicted octanol–water partition coefficient (Wildman–Crippen LogP) is 1.09. The number of carbonyl (C=O) groups excluding carboxylic acids is 2. The zero-order valence-electron chi connectivity index (χ0n) is 15.3. The zero-order chi connectivity index (χ0) is 21.0. The molecule has 150 valence electrons. The number of fused-ring (bicyclic) bond motifs is 1. The molecule has 0 aliphatic carbocycles. The highest BCUT2D eigenvalue weighted by atomic mass is 16.4. The number of carbonyl (C=O) groups is 4. The van der Waals surface area contributed by atoms with Crippen molar-refractivity contribution in [2.24, 2.45) is 0 Å². The lowest BCUT2D eigenvalue weighted by molar-refractivity contribution is -0.141. The summed E-state index contributed by atoms with van der Waals surface area (Å²) in [5, 5.41) is 21.2. The second-order valence-electron chi connectivity index (χ2n) is 6.57. The van der Waals surface area contributed by atoms with E-state index in [1.165, 1.54) is 17.2 Å². The van der Waals surface area contributed by atoms with E-state index in [1.807, 2.05) is 0 Å². The second kappa shape index (κ2) is 8.51. The molecule has 9 nitrogen and oxygen atoms in total. The molecule has 3 rings (SSSR count). The van der Waals surface area contributed by atoms with Crippen LogP contribution in [0, 0.1) is 0 Å². The lowest BCUT2D eigenvalue weighted by atomic mass is 10.1. The summed E-state index contributed by atoms with van der Waals surface area (Å²) < 4.78 is 0.